The van der Waals surface area contributed by atoms with Crippen LogP contribution in [0.2, 0.25) is 0 Å². The van der Waals surface area contributed by atoms with E-state index in [2.05, 4.69) is 31.0 Å². The Hall–Kier alpha value is -2.87. The van der Waals surface area contributed by atoms with Crippen LogP contribution >= 0.6 is 15.9 Å². The van der Waals surface area contributed by atoms with Crippen LogP contribution in [-0.2, 0) is 6.61 Å². The summed E-state index contributed by atoms with van der Waals surface area (Å²) in [5, 5.41) is 4.36. The zero-order chi connectivity index (χ0) is 18.1. The average molecular weight is 417 g/mol. The topological polar surface area (TPSA) is 52.8 Å². The molecule has 2 aromatic carbocycles. The molecule has 0 atom stereocenters. The molecule has 0 radical (unpaired) electrons. The maximum absolute atomic E-state index is 15.0. The Balaban J connectivity index is 1.76. The molecule has 0 bridgehead atoms. The third-order valence-electron chi connectivity index (χ3n) is 3.73. The van der Waals surface area contributed by atoms with E-state index in [0.29, 0.717) is 9.86 Å². The Morgan fingerprint density at radius 1 is 1.04 bits per heavy atom. The van der Waals surface area contributed by atoms with Crippen LogP contribution in [0.5, 0.6) is 5.75 Å². The highest BCUT2D eigenvalue weighted by atomic mass is 79.9. The lowest BCUT2D eigenvalue weighted by Gasteiger charge is -2.10. The molecule has 2 heterocycles. The first-order valence-corrected chi connectivity index (χ1v) is 8.43. The minimum absolute atomic E-state index is 0.0447. The predicted octanol–water partition coefficient (Wildman–Crippen LogP) is 4.44. The summed E-state index contributed by atoms with van der Waals surface area (Å²) in [7, 11) is 0. The molecule has 0 spiro atoms. The number of benzene rings is 2. The summed E-state index contributed by atoms with van der Waals surface area (Å²) in [5.41, 5.74) is 0.855. The third kappa shape index (κ3) is 3.03. The van der Waals surface area contributed by atoms with Crippen molar-refractivity contribution in [3.05, 3.63) is 76.7 Å². The van der Waals surface area contributed by atoms with Gasteiger partial charge in [0.1, 0.15) is 12.1 Å². The van der Waals surface area contributed by atoms with Crippen LogP contribution in [0.15, 0.2) is 59.5 Å². The van der Waals surface area contributed by atoms with E-state index < -0.39 is 17.4 Å². The van der Waals surface area contributed by atoms with Crippen molar-refractivity contribution in [2.45, 2.75) is 6.61 Å². The van der Waals surface area contributed by atoms with E-state index in [1.165, 1.54) is 29.3 Å². The molecule has 0 aliphatic carbocycles. The van der Waals surface area contributed by atoms with Crippen LogP contribution in [0.1, 0.15) is 5.56 Å². The molecule has 0 unspecified atom stereocenters. The monoisotopic (exact) mass is 416 g/mol. The van der Waals surface area contributed by atoms with Crippen LogP contribution in [0.4, 0.5) is 8.78 Å². The number of ether oxygens (including phenoxy) is 1. The number of hydrogen-bond acceptors (Lipinski definition) is 4. The molecule has 8 heteroatoms. The first-order chi connectivity index (χ1) is 12.6. The molecule has 0 aliphatic heterocycles. The maximum atomic E-state index is 15.0. The lowest BCUT2D eigenvalue weighted by atomic mass is 10.2. The van der Waals surface area contributed by atoms with Crippen molar-refractivity contribution in [1.82, 2.24) is 19.7 Å². The van der Waals surface area contributed by atoms with Gasteiger partial charge in [-0.2, -0.15) is 9.78 Å². The lowest BCUT2D eigenvalue weighted by Crippen LogP contribution is -2.05. The number of hydrogen-bond donors (Lipinski definition) is 0. The number of aromatic nitrogens is 4. The van der Waals surface area contributed by atoms with Gasteiger partial charge in [-0.05, 0) is 27.6 Å². The summed E-state index contributed by atoms with van der Waals surface area (Å²) in [5.74, 6) is -1.93. The Labute approximate surface area is 155 Å². The van der Waals surface area contributed by atoms with Gasteiger partial charge in [0, 0.05) is 17.8 Å². The minimum Gasteiger partial charge on any atom is -0.483 e. The van der Waals surface area contributed by atoms with Gasteiger partial charge >= 0.3 is 0 Å². The van der Waals surface area contributed by atoms with E-state index in [-0.39, 0.29) is 18.1 Å². The summed E-state index contributed by atoms with van der Waals surface area (Å²) in [6, 6.07) is 10.3. The number of halogens is 3. The second-order valence-corrected chi connectivity index (χ2v) is 6.39. The van der Waals surface area contributed by atoms with Crippen molar-refractivity contribution in [2.75, 3.05) is 0 Å². The van der Waals surface area contributed by atoms with E-state index in [0.717, 1.165) is 5.56 Å². The Bertz CT molecular complexity index is 1070. The highest BCUT2D eigenvalue weighted by Crippen LogP contribution is 2.31. The number of nitrogens with zero attached hydrogens (tertiary/aromatic N) is 4. The normalized spacial score (nSPS) is 11.0. The Morgan fingerprint density at radius 3 is 2.50 bits per heavy atom. The van der Waals surface area contributed by atoms with Crippen molar-refractivity contribution in [3.8, 4) is 11.7 Å². The van der Waals surface area contributed by atoms with E-state index in [4.69, 9.17) is 4.74 Å². The highest BCUT2D eigenvalue weighted by Gasteiger charge is 2.20. The third-order valence-corrected chi connectivity index (χ3v) is 4.14. The zero-order valence-corrected chi connectivity index (χ0v) is 14.8. The van der Waals surface area contributed by atoms with Gasteiger partial charge in [-0.3, -0.25) is 0 Å². The Kier molecular flexibility index (Phi) is 4.34. The van der Waals surface area contributed by atoms with Crippen molar-refractivity contribution in [1.29, 1.82) is 0 Å². The molecular weight excluding hydrogens is 406 g/mol. The number of rotatable bonds is 4. The van der Waals surface area contributed by atoms with Crippen molar-refractivity contribution < 1.29 is 13.5 Å². The second kappa shape index (κ2) is 6.80. The van der Waals surface area contributed by atoms with Gasteiger partial charge in [-0.15, -0.1) is 0 Å². The fraction of sp³-hybridized carbons (Fsp3) is 0.0556. The molecule has 0 N–H and O–H groups in total. The largest absolute Gasteiger partial charge is 0.483 e. The smallest absolute Gasteiger partial charge is 0.251 e. The molecule has 4 aromatic rings. The maximum Gasteiger partial charge on any atom is 0.251 e. The van der Waals surface area contributed by atoms with E-state index >= 15 is 4.39 Å². The Morgan fingerprint density at radius 2 is 1.77 bits per heavy atom. The molecular formula is C18H11BrF2N4O. The zero-order valence-electron chi connectivity index (χ0n) is 13.2. The summed E-state index contributed by atoms with van der Waals surface area (Å²) in [4.78, 5) is 8.20. The number of fused-ring (bicyclic) bond motifs is 1. The van der Waals surface area contributed by atoms with Crippen LogP contribution in [0.25, 0.3) is 16.9 Å². The summed E-state index contributed by atoms with van der Waals surface area (Å²) >= 11 is 3.24. The fourth-order valence-electron chi connectivity index (χ4n) is 2.53. The molecule has 0 saturated heterocycles. The van der Waals surface area contributed by atoms with Crippen molar-refractivity contribution in [3.63, 3.8) is 0 Å². The molecule has 130 valence electrons. The van der Waals surface area contributed by atoms with Crippen molar-refractivity contribution in [2.24, 2.45) is 0 Å². The molecule has 26 heavy (non-hydrogen) atoms. The first kappa shape index (κ1) is 16.6. The van der Waals surface area contributed by atoms with Gasteiger partial charge in [0.25, 0.3) is 5.95 Å². The predicted molar refractivity (Wildman–Crippen MR) is 95.0 cm³/mol. The van der Waals surface area contributed by atoms with Crippen LogP contribution < -0.4 is 4.74 Å². The molecule has 2 aromatic heterocycles. The average Bonchev–Trinajstić information content (AvgIpc) is 3.07. The summed E-state index contributed by atoms with van der Waals surface area (Å²) in [6.45, 7) is 0.0447. The molecule has 4 rings (SSSR count). The summed E-state index contributed by atoms with van der Waals surface area (Å²) in [6.07, 6.45) is 4.39. The van der Waals surface area contributed by atoms with Gasteiger partial charge in [0.2, 0.25) is 0 Å². The van der Waals surface area contributed by atoms with E-state index in [1.807, 2.05) is 30.3 Å². The molecule has 0 amide bonds. The van der Waals surface area contributed by atoms with E-state index in [1.54, 1.807) is 0 Å². The molecule has 5 nitrogen and oxygen atoms in total. The molecule has 0 saturated carbocycles. The second-order valence-electron chi connectivity index (χ2n) is 5.47. The lowest BCUT2D eigenvalue weighted by molar-refractivity contribution is 0.275. The van der Waals surface area contributed by atoms with Gasteiger partial charge in [0.05, 0.1) is 10.7 Å². The SMILES string of the molecule is Fc1cc2cnn(-c3ncc(Br)cn3)c2c(F)c1OCc1ccccc1. The van der Waals surface area contributed by atoms with E-state index in [9.17, 15) is 4.39 Å². The molecule has 0 fully saturated rings. The van der Waals surface area contributed by atoms with Crippen LogP contribution in [-0.4, -0.2) is 19.7 Å². The van der Waals surface area contributed by atoms with Crippen LogP contribution in [0, 0.1) is 11.6 Å². The molecule has 0 aliphatic rings. The van der Waals surface area contributed by atoms with Gasteiger partial charge < -0.3 is 4.74 Å². The van der Waals surface area contributed by atoms with Gasteiger partial charge in [-0.25, -0.2) is 18.7 Å². The standard InChI is InChI=1S/C18H11BrF2N4O/c19-13-8-22-18(23-9-13)25-16-12(7-24-25)6-14(20)17(15(16)21)26-10-11-4-2-1-3-5-11/h1-9H,10H2. The first-order valence-electron chi connectivity index (χ1n) is 7.64. The van der Waals surface area contributed by atoms with Gasteiger partial charge in [0.15, 0.2) is 17.4 Å². The minimum atomic E-state index is -0.847. The highest BCUT2D eigenvalue weighted by molar-refractivity contribution is 9.10. The fourth-order valence-corrected chi connectivity index (χ4v) is 2.73. The van der Waals surface area contributed by atoms with Crippen molar-refractivity contribution >= 4 is 26.8 Å². The summed E-state index contributed by atoms with van der Waals surface area (Å²) < 4.78 is 36.6. The quantitative estimate of drug-likeness (QED) is 0.493. The van der Waals surface area contributed by atoms with Crippen LogP contribution in [0.3, 0.4) is 0 Å². The van der Waals surface area contributed by atoms with Gasteiger partial charge in [-0.1, -0.05) is 30.3 Å².